The lowest BCUT2D eigenvalue weighted by atomic mass is 10.0. The van der Waals surface area contributed by atoms with Gasteiger partial charge in [-0.3, -0.25) is 4.99 Å². The number of methoxy groups -OCH3 is 1. The molecule has 0 amide bonds. The van der Waals surface area contributed by atoms with Crippen molar-refractivity contribution in [1.82, 2.24) is 5.32 Å². The number of nitrogens with one attached hydrogen (secondary N) is 1. The van der Waals surface area contributed by atoms with Crippen molar-refractivity contribution < 1.29 is 9.47 Å². The summed E-state index contributed by atoms with van der Waals surface area (Å²) in [6.07, 6.45) is 0. The lowest BCUT2D eigenvalue weighted by Gasteiger charge is -2.13. The van der Waals surface area contributed by atoms with E-state index < -0.39 is 0 Å². The zero-order valence-electron chi connectivity index (χ0n) is 11.4. The largest absolute Gasteiger partial charge is 0.493 e. The number of aliphatic imine (C=N–C) groups is 1. The second-order valence-electron chi connectivity index (χ2n) is 4.77. The zero-order chi connectivity index (χ0) is 13.7. The third-order valence-electron chi connectivity index (χ3n) is 3.09. The van der Waals surface area contributed by atoms with Crippen molar-refractivity contribution in [3.63, 3.8) is 0 Å². The molecule has 2 atom stereocenters. The molecular weight excluding hydrogens is 242 g/mol. The van der Waals surface area contributed by atoms with Crippen LogP contribution in [0.4, 0.5) is 0 Å². The Hall–Kier alpha value is -1.75. The Labute approximate surface area is 113 Å². The molecule has 0 spiro atoms. The number of nitrogens with zero attached hydrogens (tertiary/aromatic N) is 1. The molecule has 1 heterocycles. The Bertz CT molecular complexity index is 448. The molecule has 0 saturated heterocycles. The topological polar surface area (TPSA) is 68.9 Å². The van der Waals surface area contributed by atoms with E-state index in [1.807, 2.05) is 25.1 Å². The first kappa shape index (κ1) is 13.7. The van der Waals surface area contributed by atoms with E-state index in [0.717, 1.165) is 5.75 Å². The molecule has 0 bridgehead atoms. The molecule has 0 aromatic heterocycles. The van der Waals surface area contributed by atoms with Gasteiger partial charge in [-0.2, -0.15) is 0 Å². The maximum atomic E-state index is 5.85. The fourth-order valence-corrected chi connectivity index (χ4v) is 2.18. The van der Waals surface area contributed by atoms with Crippen LogP contribution in [0.5, 0.6) is 5.75 Å². The molecule has 0 radical (unpaired) electrons. The van der Waals surface area contributed by atoms with Gasteiger partial charge in [-0.15, -0.1) is 0 Å². The van der Waals surface area contributed by atoms with Gasteiger partial charge in [0.2, 0.25) is 0 Å². The predicted octanol–water partition coefficient (Wildman–Crippen LogP) is 1.10. The summed E-state index contributed by atoms with van der Waals surface area (Å²) >= 11 is 0. The molecule has 1 aliphatic heterocycles. The van der Waals surface area contributed by atoms with Gasteiger partial charge in [-0.25, -0.2) is 0 Å². The van der Waals surface area contributed by atoms with Gasteiger partial charge in [0.05, 0.1) is 19.8 Å². The first-order valence-corrected chi connectivity index (χ1v) is 6.48. The average Bonchev–Trinajstić information content (AvgIpc) is 2.80. The van der Waals surface area contributed by atoms with Crippen LogP contribution in [0.1, 0.15) is 18.4 Å². The molecule has 19 heavy (non-hydrogen) atoms. The summed E-state index contributed by atoms with van der Waals surface area (Å²) in [6, 6.07) is 8.22. The average molecular weight is 263 g/mol. The number of hydrogen-bond donors (Lipinski definition) is 2. The smallest absolute Gasteiger partial charge is 0.188 e. The molecule has 0 fully saturated rings. The highest BCUT2D eigenvalue weighted by Crippen LogP contribution is 2.33. The van der Waals surface area contributed by atoms with Crippen LogP contribution >= 0.6 is 0 Å². The van der Waals surface area contributed by atoms with E-state index in [-0.39, 0.29) is 12.0 Å². The van der Waals surface area contributed by atoms with E-state index in [2.05, 4.69) is 16.4 Å². The molecule has 104 valence electrons. The highest BCUT2D eigenvalue weighted by atomic mass is 16.5. The number of hydrogen-bond acceptors (Lipinski definition) is 3. The molecule has 0 aliphatic carbocycles. The molecule has 3 N–H and O–H groups in total. The van der Waals surface area contributed by atoms with Crippen molar-refractivity contribution in [2.45, 2.75) is 18.9 Å². The maximum Gasteiger partial charge on any atom is 0.188 e. The number of ether oxygens (including phenoxy) is 2. The van der Waals surface area contributed by atoms with Crippen molar-refractivity contribution in [1.29, 1.82) is 0 Å². The van der Waals surface area contributed by atoms with Crippen LogP contribution in [0.3, 0.4) is 0 Å². The Balaban J connectivity index is 1.89. The molecule has 2 unspecified atom stereocenters. The summed E-state index contributed by atoms with van der Waals surface area (Å²) in [6.45, 7) is 3.91. The molecule has 5 heteroatoms. The van der Waals surface area contributed by atoms with Crippen molar-refractivity contribution >= 4 is 5.96 Å². The van der Waals surface area contributed by atoms with Gasteiger partial charge in [0, 0.05) is 24.6 Å². The van der Waals surface area contributed by atoms with Crippen molar-refractivity contribution in [2.75, 3.05) is 26.9 Å². The Kier molecular flexibility index (Phi) is 4.63. The highest BCUT2D eigenvalue weighted by molar-refractivity contribution is 5.78. The van der Waals surface area contributed by atoms with Crippen molar-refractivity contribution in [3.8, 4) is 5.75 Å². The Morgan fingerprint density at radius 1 is 1.58 bits per heavy atom. The van der Waals surface area contributed by atoms with E-state index in [4.69, 9.17) is 15.2 Å². The molecule has 2 rings (SSSR count). The summed E-state index contributed by atoms with van der Waals surface area (Å²) in [5.41, 5.74) is 7.06. The van der Waals surface area contributed by atoms with E-state index in [0.29, 0.717) is 25.7 Å². The predicted molar refractivity (Wildman–Crippen MR) is 75.6 cm³/mol. The second-order valence-corrected chi connectivity index (χ2v) is 4.77. The van der Waals surface area contributed by atoms with E-state index in [1.165, 1.54) is 5.56 Å². The Morgan fingerprint density at radius 3 is 3.16 bits per heavy atom. The van der Waals surface area contributed by atoms with Gasteiger partial charge in [0.1, 0.15) is 5.75 Å². The van der Waals surface area contributed by atoms with Crippen LogP contribution in [0.25, 0.3) is 0 Å². The number of fused-ring (bicyclic) bond motifs is 1. The first-order valence-electron chi connectivity index (χ1n) is 6.48. The molecule has 0 saturated carbocycles. The standard InChI is InChI=1S/C14H21N3O2/c1-10(8-18-2)17-14(15)16-7-11-9-19-13-6-4-3-5-12(11)13/h3-6,10-11H,7-9H2,1-2H3,(H3,15,16,17). The first-order chi connectivity index (χ1) is 9.20. The third-order valence-corrected chi connectivity index (χ3v) is 3.09. The number of nitrogens with two attached hydrogens (primary N) is 1. The minimum Gasteiger partial charge on any atom is -0.493 e. The summed E-state index contributed by atoms with van der Waals surface area (Å²) in [5.74, 6) is 1.70. The summed E-state index contributed by atoms with van der Waals surface area (Å²) < 4.78 is 10.6. The SMILES string of the molecule is COCC(C)NC(N)=NCC1COc2ccccc21. The minimum atomic E-state index is 0.154. The molecular formula is C14H21N3O2. The highest BCUT2D eigenvalue weighted by Gasteiger charge is 2.23. The van der Waals surface area contributed by atoms with E-state index >= 15 is 0 Å². The van der Waals surface area contributed by atoms with E-state index in [9.17, 15) is 0 Å². The van der Waals surface area contributed by atoms with Gasteiger partial charge in [0.25, 0.3) is 0 Å². The number of benzene rings is 1. The molecule has 5 nitrogen and oxygen atoms in total. The fraction of sp³-hybridized carbons (Fsp3) is 0.500. The molecule has 1 aromatic rings. The molecule has 1 aliphatic rings. The number of para-hydroxylation sites is 1. The fourth-order valence-electron chi connectivity index (χ4n) is 2.18. The van der Waals surface area contributed by atoms with Crippen molar-refractivity contribution in [2.24, 2.45) is 10.7 Å². The van der Waals surface area contributed by atoms with Crippen LogP contribution in [0, 0.1) is 0 Å². The number of guanidine groups is 1. The van der Waals surface area contributed by atoms with Crippen LogP contribution in [0.2, 0.25) is 0 Å². The normalized spacial score (nSPS) is 19.7. The zero-order valence-corrected chi connectivity index (χ0v) is 11.4. The summed E-state index contributed by atoms with van der Waals surface area (Å²) in [7, 11) is 1.66. The van der Waals surface area contributed by atoms with Crippen LogP contribution in [0.15, 0.2) is 29.3 Å². The van der Waals surface area contributed by atoms with Gasteiger partial charge in [-0.1, -0.05) is 18.2 Å². The van der Waals surface area contributed by atoms with Crippen LogP contribution < -0.4 is 15.8 Å². The number of rotatable bonds is 5. The molecule has 1 aromatic carbocycles. The quantitative estimate of drug-likeness (QED) is 0.616. The van der Waals surface area contributed by atoms with Gasteiger partial charge < -0.3 is 20.5 Å². The maximum absolute atomic E-state index is 5.85. The van der Waals surface area contributed by atoms with Crippen LogP contribution in [-0.2, 0) is 4.74 Å². The lowest BCUT2D eigenvalue weighted by molar-refractivity contribution is 0.179. The van der Waals surface area contributed by atoms with E-state index in [1.54, 1.807) is 7.11 Å². The third kappa shape index (κ3) is 3.61. The minimum absolute atomic E-state index is 0.154. The van der Waals surface area contributed by atoms with Crippen LogP contribution in [-0.4, -0.2) is 38.9 Å². The van der Waals surface area contributed by atoms with Crippen molar-refractivity contribution in [3.05, 3.63) is 29.8 Å². The van der Waals surface area contributed by atoms with Gasteiger partial charge >= 0.3 is 0 Å². The Morgan fingerprint density at radius 2 is 2.37 bits per heavy atom. The monoisotopic (exact) mass is 263 g/mol. The summed E-state index contributed by atoms with van der Waals surface area (Å²) in [5, 5.41) is 3.09. The lowest BCUT2D eigenvalue weighted by Crippen LogP contribution is -2.40. The van der Waals surface area contributed by atoms with Gasteiger partial charge in [0.15, 0.2) is 5.96 Å². The van der Waals surface area contributed by atoms with Gasteiger partial charge in [-0.05, 0) is 13.0 Å². The second kappa shape index (κ2) is 6.43. The summed E-state index contributed by atoms with van der Waals surface area (Å²) in [4.78, 5) is 4.38.